The van der Waals surface area contributed by atoms with Gasteiger partial charge in [0.2, 0.25) is 11.8 Å². The van der Waals surface area contributed by atoms with Crippen LogP contribution in [0.3, 0.4) is 0 Å². The fourth-order valence-corrected chi connectivity index (χ4v) is 8.24. The van der Waals surface area contributed by atoms with E-state index >= 15 is 0 Å². The molecule has 1 saturated carbocycles. The molecule has 14 atom stereocenters. The number of fused-ring (bicyclic) bond motifs is 4. The van der Waals surface area contributed by atoms with Crippen LogP contribution in [0.5, 0.6) is 0 Å². The summed E-state index contributed by atoms with van der Waals surface area (Å²) in [4.78, 5) is 61.0. The average molecular weight is 838 g/mol. The van der Waals surface area contributed by atoms with Crippen molar-refractivity contribution in [2.45, 2.75) is 138 Å². The highest BCUT2D eigenvalue weighted by atomic mass is 16.8. The summed E-state index contributed by atoms with van der Waals surface area (Å²) in [5.41, 5.74) is -1.12. The van der Waals surface area contributed by atoms with Gasteiger partial charge in [-0.3, -0.25) is 24.0 Å². The van der Waals surface area contributed by atoms with Gasteiger partial charge in [0.15, 0.2) is 12.3 Å². The molecule has 6 rings (SSSR count). The molecule has 328 valence electrons. The first-order chi connectivity index (χ1) is 28.0. The maximum atomic E-state index is 14.7. The van der Waals surface area contributed by atoms with E-state index in [1.807, 2.05) is 0 Å². The predicted octanol–water partition coefficient (Wildman–Crippen LogP) is -2.48. The van der Waals surface area contributed by atoms with E-state index in [9.17, 15) is 49.8 Å². The number of carbonyl (C=O) groups excluding carboxylic acids is 4. The summed E-state index contributed by atoms with van der Waals surface area (Å²) in [5, 5.41) is 67.3. The van der Waals surface area contributed by atoms with Crippen molar-refractivity contribution in [2.24, 2.45) is 5.41 Å². The molecule has 0 spiro atoms. The van der Waals surface area contributed by atoms with Crippen LogP contribution in [0.25, 0.3) is 6.08 Å². The Hall–Kier alpha value is -3.64. The zero-order chi connectivity index (χ0) is 42.8. The number of nitrogens with one attached hydrogen (secondary N) is 2. The summed E-state index contributed by atoms with van der Waals surface area (Å²) in [7, 11) is 0. The van der Waals surface area contributed by atoms with Crippen molar-refractivity contribution in [2.75, 3.05) is 26.6 Å². The molecule has 0 aromatic heterocycles. The van der Waals surface area contributed by atoms with Gasteiger partial charge >= 0.3 is 11.9 Å². The van der Waals surface area contributed by atoms with Crippen LogP contribution < -0.4 is 10.6 Å². The molecule has 20 nitrogen and oxygen atoms in total. The lowest BCUT2D eigenvalue weighted by Crippen LogP contribution is -2.71. The number of ether oxygens (including phenoxy) is 6. The Bertz CT molecular complexity index is 1700. The van der Waals surface area contributed by atoms with Gasteiger partial charge in [0.05, 0.1) is 38.5 Å². The largest absolute Gasteiger partial charge is 0.460 e. The van der Waals surface area contributed by atoms with Crippen molar-refractivity contribution in [1.82, 2.24) is 15.7 Å². The van der Waals surface area contributed by atoms with Crippen LogP contribution in [0, 0.1) is 5.41 Å². The Morgan fingerprint density at radius 1 is 1.05 bits per heavy atom. The average Bonchev–Trinajstić information content (AvgIpc) is 3.81. The third kappa shape index (κ3) is 9.48. The van der Waals surface area contributed by atoms with Gasteiger partial charge in [-0.25, -0.2) is 0 Å². The number of esters is 2. The van der Waals surface area contributed by atoms with Gasteiger partial charge in [-0.1, -0.05) is 36.4 Å². The molecule has 0 unspecified atom stereocenters. The number of nitrogens with zero attached hydrogens (tertiary/aromatic N) is 1. The SMILES string of the molecule is C[C@H](O)[C@@H](NC(=O)[C@@]12C[C@H]3OC(=O)[C@@H]1N(Cc1ccccc1C=CCO[C@H]1O[C@H](CO)[C@H](O)[C@H](O)[C@H]1O)O[C@@H]2[C@H]1OCO[C@H]13)C(=O)N[C@H](CO)CCC(=O)OC(C)(C)C. The summed E-state index contributed by atoms with van der Waals surface area (Å²) in [6, 6.07) is 3.30. The molecule has 1 aromatic rings. The van der Waals surface area contributed by atoms with Crippen LogP contribution >= 0.6 is 0 Å². The quantitative estimate of drug-likeness (QED) is 0.0801. The zero-order valence-corrected chi connectivity index (χ0v) is 33.2. The number of aliphatic hydroxyl groups excluding tert-OH is 6. The van der Waals surface area contributed by atoms with Crippen molar-refractivity contribution >= 4 is 29.8 Å². The van der Waals surface area contributed by atoms with E-state index in [2.05, 4.69) is 10.6 Å². The first-order valence-electron chi connectivity index (χ1n) is 19.6. The minimum Gasteiger partial charge on any atom is -0.460 e. The second-order valence-corrected chi connectivity index (χ2v) is 16.4. The summed E-state index contributed by atoms with van der Waals surface area (Å²) >= 11 is 0. The zero-order valence-electron chi connectivity index (χ0n) is 33.2. The molecule has 2 bridgehead atoms. The lowest BCUT2D eigenvalue weighted by Gasteiger charge is -2.49. The van der Waals surface area contributed by atoms with Crippen molar-refractivity contribution in [1.29, 1.82) is 0 Å². The number of hydrogen-bond donors (Lipinski definition) is 8. The topological polar surface area (TPSA) is 282 Å². The Balaban J connectivity index is 1.19. The number of hydrogen-bond acceptors (Lipinski definition) is 18. The van der Waals surface area contributed by atoms with Crippen LogP contribution in [-0.4, -0.2) is 171 Å². The number of carbonyl (C=O) groups is 4. The third-order valence-corrected chi connectivity index (χ3v) is 11.1. The highest BCUT2D eigenvalue weighted by Crippen LogP contribution is 2.55. The number of rotatable bonds is 16. The molecule has 1 aliphatic carbocycles. The molecular formula is C39H55N3O17. The fraction of sp³-hybridized carbons (Fsp3) is 0.692. The van der Waals surface area contributed by atoms with E-state index in [1.165, 1.54) is 12.0 Å². The normalized spacial score (nSPS) is 34.4. The van der Waals surface area contributed by atoms with E-state index in [4.69, 9.17) is 33.3 Å². The Morgan fingerprint density at radius 2 is 1.78 bits per heavy atom. The van der Waals surface area contributed by atoms with Crippen LogP contribution in [0.4, 0.5) is 0 Å². The molecule has 59 heavy (non-hydrogen) atoms. The lowest BCUT2D eigenvalue weighted by atomic mass is 9.62. The molecular weight excluding hydrogens is 782 g/mol. The molecule has 5 fully saturated rings. The van der Waals surface area contributed by atoms with Gasteiger partial charge < -0.3 is 69.7 Å². The van der Waals surface area contributed by atoms with E-state index in [0.717, 1.165) is 0 Å². The first kappa shape index (κ1) is 44.9. The Kier molecular flexibility index (Phi) is 14.1. The Morgan fingerprint density at radius 3 is 2.47 bits per heavy atom. The van der Waals surface area contributed by atoms with Gasteiger partial charge in [0.1, 0.15) is 72.7 Å². The second kappa shape index (κ2) is 18.5. The molecule has 20 heteroatoms. The fourth-order valence-electron chi connectivity index (χ4n) is 8.24. The van der Waals surface area contributed by atoms with Gasteiger partial charge in [0, 0.05) is 12.8 Å². The minimum absolute atomic E-state index is 0.0182. The molecule has 4 aliphatic heterocycles. The highest BCUT2D eigenvalue weighted by Gasteiger charge is 2.75. The lowest BCUT2D eigenvalue weighted by molar-refractivity contribution is -0.298. The van der Waals surface area contributed by atoms with Crippen molar-refractivity contribution in [3.8, 4) is 0 Å². The third-order valence-electron chi connectivity index (χ3n) is 11.1. The Labute approximate surface area is 340 Å². The van der Waals surface area contributed by atoms with Crippen LogP contribution in [0.2, 0.25) is 0 Å². The molecule has 2 amide bonds. The van der Waals surface area contributed by atoms with Crippen LogP contribution in [0.1, 0.15) is 58.1 Å². The van der Waals surface area contributed by atoms with Crippen LogP contribution in [0.15, 0.2) is 30.3 Å². The van der Waals surface area contributed by atoms with Crippen LogP contribution in [-0.2, 0) is 59.0 Å². The van der Waals surface area contributed by atoms with Gasteiger partial charge in [-0.05, 0) is 45.2 Å². The highest BCUT2D eigenvalue weighted by molar-refractivity contribution is 5.96. The first-order valence-corrected chi connectivity index (χ1v) is 19.6. The maximum Gasteiger partial charge on any atom is 0.327 e. The number of amides is 2. The minimum atomic E-state index is -1.68. The number of aliphatic hydroxyl groups is 6. The molecule has 4 heterocycles. The molecule has 1 aromatic carbocycles. The maximum absolute atomic E-state index is 14.7. The summed E-state index contributed by atoms with van der Waals surface area (Å²) in [6.45, 7) is 4.99. The van der Waals surface area contributed by atoms with Crippen molar-refractivity contribution in [3.63, 3.8) is 0 Å². The van der Waals surface area contributed by atoms with E-state index in [1.54, 1.807) is 57.2 Å². The molecule has 0 radical (unpaired) electrons. The van der Waals surface area contributed by atoms with Gasteiger partial charge in [-0.2, -0.15) is 5.06 Å². The van der Waals surface area contributed by atoms with Crippen molar-refractivity contribution < 1.29 is 83.1 Å². The summed E-state index contributed by atoms with van der Waals surface area (Å²) in [5.74, 6) is -2.91. The molecule has 8 N–H and O–H groups in total. The smallest absolute Gasteiger partial charge is 0.327 e. The van der Waals surface area contributed by atoms with E-state index in [-0.39, 0.29) is 39.2 Å². The van der Waals surface area contributed by atoms with E-state index in [0.29, 0.717) is 11.1 Å². The summed E-state index contributed by atoms with van der Waals surface area (Å²) < 4.78 is 33.8. The second-order valence-electron chi connectivity index (χ2n) is 16.4. The summed E-state index contributed by atoms with van der Waals surface area (Å²) in [6.07, 6.45) is -9.01. The number of benzene rings is 1. The van der Waals surface area contributed by atoms with Gasteiger partial charge in [0.25, 0.3) is 0 Å². The van der Waals surface area contributed by atoms with Gasteiger partial charge in [-0.15, -0.1) is 0 Å². The number of hydroxylamine groups is 2. The predicted molar refractivity (Wildman–Crippen MR) is 199 cm³/mol. The molecule has 5 aliphatic rings. The van der Waals surface area contributed by atoms with Crippen molar-refractivity contribution in [3.05, 3.63) is 41.5 Å². The van der Waals surface area contributed by atoms with E-state index < -0.39 is 127 Å². The standard InChI is InChI=1S/C39H55N3O17/c1-19(45)26(34(50)40-22(16-43)11-12-25(46)58-38(2,3)4)41-37(52)39-14-23-30-31(55-18-54-30)33(39)59-42(32(39)35(51)56-23)15-21-9-6-5-8-20(21)10-7-13-53-36-29(49)28(48)27(47)24(17-44)57-36/h5-10,19,22-24,26-33,36,43-45,47-49H,11-18H2,1-4H3,(H,40,50)(H,41,52)/t19-,22-,23+,24+,26+,27-,28-,29+,30-,31-,32-,33+,36-,39-/m0/s1. The molecule has 4 saturated heterocycles. The monoisotopic (exact) mass is 837 g/mol.